The van der Waals surface area contributed by atoms with Crippen molar-refractivity contribution in [2.75, 3.05) is 24.6 Å². The summed E-state index contributed by atoms with van der Waals surface area (Å²) in [6.07, 6.45) is 3.80. The van der Waals surface area contributed by atoms with E-state index >= 15 is 0 Å². The molecule has 0 bridgehead atoms. The molecule has 0 atom stereocenters. The number of anilines is 1. The van der Waals surface area contributed by atoms with Crippen LogP contribution in [0.15, 0.2) is 24.3 Å². The molecule has 1 aliphatic rings. The molecule has 1 saturated heterocycles. The van der Waals surface area contributed by atoms with Crippen LogP contribution in [-0.4, -0.2) is 25.7 Å². The summed E-state index contributed by atoms with van der Waals surface area (Å²) in [4.78, 5) is 13.7. The number of aryl methyl sites for hydroxylation is 1. The SMILES string of the molecule is CCOC(=O)CCc1cccc(N2CCCC2)c1. The van der Waals surface area contributed by atoms with Crippen molar-refractivity contribution in [1.29, 1.82) is 0 Å². The molecule has 1 aromatic rings. The van der Waals surface area contributed by atoms with Crippen LogP contribution in [0.2, 0.25) is 0 Å². The predicted molar refractivity (Wildman–Crippen MR) is 72.8 cm³/mol. The van der Waals surface area contributed by atoms with Gasteiger partial charge in [-0.15, -0.1) is 0 Å². The molecule has 98 valence electrons. The molecule has 2 rings (SSSR count). The van der Waals surface area contributed by atoms with E-state index in [-0.39, 0.29) is 5.97 Å². The molecule has 1 aliphatic heterocycles. The minimum atomic E-state index is -0.107. The Morgan fingerprint density at radius 3 is 2.83 bits per heavy atom. The summed E-state index contributed by atoms with van der Waals surface area (Å²) in [6.45, 7) is 4.61. The highest BCUT2D eigenvalue weighted by molar-refractivity contribution is 5.69. The number of nitrogens with zero attached hydrogens (tertiary/aromatic N) is 1. The van der Waals surface area contributed by atoms with Gasteiger partial charge in [0.1, 0.15) is 0 Å². The molecule has 0 N–H and O–H groups in total. The number of benzene rings is 1. The van der Waals surface area contributed by atoms with Gasteiger partial charge < -0.3 is 9.64 Å². The quantitative estimate of drug-likeness (QED) is 0.749. The summed E-state index contributed by atoms with van der Waals surface area (Å²) in [7, 11) is 0. The van der Waals surface area contributed by atoms with Gasteiger partial charge in [-0.05, 0) is 43.9 Å². The summed E-state index contributed by atoms with van der Waals surface area (Å²) in [5.41, 5.74) is 2.50. The Morgan fingerprint density at radius 1 is 1.33 bits per heavy atom. The van der Waals surface area contributed by atoms with Crippen molar-refractivity contribution in [3.63, 3.8) is 0 Å². The highest BCUT2D eigenvalue weighted by atomic mass is 16.5. The van der Waals surface area contributed by atoms with E-state index in [1.165, 1.54) is 24.1 Å². The minimum absolute atomic E-state index is 0.107. The lowest BCUT2D eigenvalue weighted by Gasteiger charge is -2.18. The van der Waals surface area contributed by atoms with Crippen molar-refractivity contribution in [3.8, 4) is 0 Å². The second-order valence-corrected chi connectivity index (χ2v) is 4.67. The Kier molecular flexibility index (Phi) is 4.62. The molecule has 0 amide bonds. The van der Waals surface area contributed by atoms with Gasteiger partial charge in [0.2, 0.25) is 0 Å². The number of esters is 1. The Hall–Kier alpha value is -1.51. The Labute approximate surface area is 109 Å². The molecule has 3 nitrogen and oxygen atoms in total. The number of carbonyl (C=O) groups is 1. The molecule has 0 aliphatic carbocycles. The largest absolute Gasteiger partial charge is 0.466 e. The first-order valence-electron chi connectivity index (χ1n) is 6.79. The fourth-order valence-corrected chi connectivity index (χ4v) is 2.36. The van der Waals surface area contributed by atoms with Gasteiger partial charge in [-0.3, -0.25) is 4.79 Å². The topological polar surface area (TPSA) is 29.5 Å². The average Bonchev–Trinajstić information content (AvgIpc) is 2.91. The first kappa shape index (κ1) is 12.9. The molecule has 18 heavy (non-hydrogen) atoms. The van der Waals surface area contributed by atoms with E-state index in [2.05, 4.69) is 29.2 Å². The molecule has 1 heterocycles. The molecule has 0 saturated carbocycles. The highest BCUT2D eigenvalue weighted by Gasteiger charge is 2.12. The summed E-state index contributed by atoms with van der Waals surface area (Å²) in [6, 6.07) is 8.51. The van der Waals surface area contributed by atoms with Crippen molar-refractivity contribution in [3.05, 3.63) is 29.8 Å². The second kappa shape index (κ2) is 6.43. The number of hydrogen-bond donors (Lipinski definition) is 0. The Bertz CT molecular complexity index is 397. The number of ether oxygens (including phenoxy) is 1. The molecule has 0 radical (unpaired) electrons. The molecule has 0 aromatic heterocycles. The zero-order valence-corrected chi connectivity index (χ0v) is 11.0. The number of hydrogen-bond acceptors (Lipinski definition) is 3. The van der Waals surface area contributed by atoms with E-state index in [0.717, 1.165) is 19.5 Å². The predicted octanol–water partition coefficient (Wildman–Crippen LogP) is 2.78. The maximum Gasteiger partial charge on any atom is 0.306 e. The van der Waals surface area contributed by atoms with Crippen LogP contribution >= 0.6 is 0 Å². The van der Waals surface area contributed by atoms with E-state index < -0.39 is 0 Å². The van der Waals surface area contributed by atoms with Crippen LogP contribution in [0.4, 0.5) is 5.69 Å². The standard InChI is InChI=1S/C15H21NO2/c1-2-18-15(17)9-8-13-6-5-7-14(12-13)16-10-3-4-11-16/h5-7,12H,2-4,8-11H2,1H3. The molecule has 1 fully saturated rings. The summed E-state index contributed by atoms with van der Waals surface area (Å²) < 4.78 is 4.94. The fraction of sp³-hybridized carbons (Fsp3) is 0.533. The third-order valence-corrected chi connectivity index (χ3v) is 3.30. The lowest BCUT2D eigenvalue weighted by molar-refractivity contribution is -0.143. The van der Waals surface area contributed by atoms with Crippen LogP contribution in [0.5, 0.6) is 0 Å². The smallest absolute Gasteiger partial charge is 0.306 e. The zero-order chi connectivity index (χ0) is 12.8. The van der Waals surface area contributed by atoms with Crippen LogP contribution in [0.1, 0.15) is 31.7 Å². The highest BCUT2D eigenvalue weighted by Crippen LogP contribution is 2.21. The van der Waals surface area contributed by atoms with Crippen LogP contribution in [0, 0.1) is 0 Å². The fourth-order valence-electron chi connectivity index (χ4n) is 2.36. The summed E-state index contributed by atoms with van der Waals surface area (Å²) in [5, 5.41) is 0. The van der Waals surface area contributed by atoms with Gasteiger partial charge in [-0.2, -0.15) is 0 Å². The van der Waals surface area contributed by atoms with Crippen LogP contribution < -0.4 is 4.90 Å². The van der Waals surface area contributed by atoms with Gasteiger partial charge in [0, 0.05) is 25.2 Å². The van der Waals surface area contributed by atoms with E-state index in [4.69, 9.17) is 4.74 Å². The number of carbonyl (C=O) groups excluding carboxylic acids is 1. The summed E-state index contributed by atoms with van der Waals surface area (Å²) >= 11 is 0. The van der Waals surface area contributed by atoms with Gasteiger partial charge >= 0.3 is 5.97 Å². The minimum Gasteiger partial charge on any atom is -0.466 e. The third kappa shape index (κ3) is 3.49. The van der Waals surface area contributed by atoms with E-state index in [9.17, 15) is 4.79 Å². The average molecular weight is 247 g/mol. The molecular weight excluding hydrogens is 226 g/mol. The van der Waals surface area contributed by atoms with E-state index in [1.807, 2.05) is 6.92 Å². The lowest BCUT2D eigenvalue weighted by atomic mass is 10.1. The van der Waals surface area contributed by atoms with E-state index in [1.54, 1.807) is 0 Å². The normalized spacial score (nSPS) is 14.8. The first-order chi connectivity index (χ1) is 8.79. The van der Waals surface area contributed by atoms with Crippen LogP contribution in [0.25, 0.3) is 0 Å². The van der Waals surface area contributed by atoms with Gasteiger partial charge in [-0.1, -0.05) is 12.1 Å². The van der Waals surface area contributed by atoms with Gasteiger partial charge in [0.05, 0.1) is 6.61 Å². The van der Waals surface area contributed by atoms with Crippen molar-refractivity contribution >= 4 is 11.7 Å². The number of rotatable bonds is 5. The van der Waals surface area contributed by atoms with Gasteiger partial charge in [-0.25, -0.2) is 0 Å². The monoisotopic (exact) mass is 247 g/mol. The van der Waals surface area contributed by atoms with Gasteiger partial charge in [0.15, 0.2) is 0 Å². The second-order valence-electron chi connectivity index (χ2n) is 4.67. The van der Waals surface area contributed by atoms with Crippen molar-refractivity contribution in [1.82, 2.24) is 0 Å². The molecule has 0 unspecified atom stereocenters. The molecule has 1 aromatic carbocycles. The Morgan fingerprint density at radius 2 is 2.11 bits per heavy atom. The third-order valence-electron chi connectivity index (χ3n) is 3.30. The summed E-state index contributed by atoms with van der Waals surface area (Å²) in [5.74, 6) is -0.107. The molecule has 0 spiro atoms. The van der Waals surface area contributed by atoms with Crippen molar-refractivity contribution in [2.45, 2.75) is 32.6 Å². The maximum absolute atomic E-state index is 11.3. The van der Waals surface area contributed by atoms with Crippen molar-refractivity contribution < 1.29 is 9.53 Å². The zero-order valence-electron chi connectivity index (χ0n) is 11.0. The molecule has 3 heteroatoms. The first-order valence-corrected chi connectivity index (χ1v) is 6.79. The van der Waals surface area contributed by atoms with Crippen LogP contribution in [0.3, 0.4) is 0 Å². The molecular formula is C15H21NO2. The van der Waals surface area contributed by atoms with Crippen molar-refractivity contribution in [2.24, 2.45) is 0 Å². The maximum atomic E-state index is 11.3. The van der Waals surface area contributed by atoms with Crippen LogP contribution in [-0.2, 0) is 16.0 Å². The lowest BCUT2D eigenvalue weighted by Crippen LogP contribution is -2.17. The van der Waals surface area contributed by atoms with Gasteiger partial charge in [0.25, 0.3) is 0 Å². The Balaban J connectivity index is 1.92. The van der Waals surface area contributed by atoms with E-state index in [0.29, 0.717) is 13.0 Å².